The highest BCUT2D eigenvalue weighted by molar-refractivity contribution is 4.92. The first-order valence-electron chi connectivity index (χ1n) is 9.27. The van der Waals surface area contributed by atoms with Crippen molar-refractivity contribution in [1.29, 1.82) is 0 Å². The zero-order chi connectivity index (χ0) is 15.6. The van der Waals surface area contributed by atoms with E-state index in [2.05, 4.69) is 39.5 Å². The summed E-state index contributed by atoms with van der Waals surface area (Å²) in [6, 6.07) is 0.751. The molecule has 2 rings (SSSR count). The Morgan fingerprint density at radius 3 is 2.14 bits per heavy atom. The first kappa shape index (κ1) is 17.3. The quantitative estimate of drug-likeness (QED) is 0.847. The van der Waals surface area contributed by atoms with Crippen LogP contribution in [0.25, 0.3) is 0 Å². The van der Waals surface area contributed by atoms with Crippen LogP contribution in [0.1, 0.15) is 66.7 Å². The summed E-state index contributed by atoms with van der Waals surface area (Å²) in [6.07, 6.45) is 6.88. The Balaban J connectivity index is 1.98. The third kappa shape index (κ3) is 4.22. The molecule has 3 atom stereocenters. The van der Waals surface area contributed by atoms with Gasteiger partial charge in [0.1, 0.15) is 0 Å². The van der Waals surface area contributed by atoms with Gasteiger partial charge in [-0.05, 0) is 80.8 Å². The van der Waals surface area contributed by atoms with Gasteiger partial charge in [0.25, 0.3) is 0 Å². The van der Waals surface area contributed by atoms with Crippen LogP contribution in [0.2, 0.25) is 0 Å². The van der Waals surface area contributed by atoms with Crippen LogP contribution in [0, 0.1) is 29.1 Å². The van der Waals surface area contributed by atoms with Crippen LogP contribution in [0.5, 0.6) is 0 Å². The first-order chi connectivity index (χ1) is 9.82. The number of nitrogens with two attached hydrogens (primary N) is 1. The van der Waals surface area contributed by atoms with E-state index < -0.39 is 0 Å². The molecule has 124 valence electrons. The zero-order valence-corrected chi connectivity index (χ0v) is 15.1. The van der Waals surface area contributed by atoms with Crippen LogP contribution >= 0.6 is 0 Å². The van der Waals surface area contributed by atoms with E-state index in [0.717, 1.165) is 36.3 Å². The molecule has 0 radical (unpaired) electrons. The monoisotopic (exact) mass is 294 g/mol. The highest BCUT2D eigenvalue weighted by Gasteiger charge is 2.39. The molecule has 2 heteroatoms. The molecule has 2 fully saturated rings. The van der Waals surface area contributed by atoms with Crippen LogP contribution in [0.15, 0.2) is 0 Å². The predicted molar refractivity (Wildman–Crippen MR) is 92.3 cm³/mol. The van der Waals surface area contributed by atoms with E-state index in [0.29, 0.717) is 5.41 Å². The lowest BCUT2D eigenvalue weighted by Crippen LogP contribution is -2.51. The molecule has 0 aromatic carbocycles. The smallest absolute Gasteiger partial charge is 0.0138 e. The molecule has 2 N–H and O–H groups in total. The lowest BCUT2D eigenvalue weighted by atomic mass is 9.67. The van der Waals surface area contributed by atoms with Gasteiger partial charge in [-0.25, -0.2) is 0 Å². The molecular weight excluding hydrogens is 256 g/mol. The molecule has 0 aromatic heterocycles. The molecule has 2 nitrogen and oxygen atoms in total. The number of likely N-dealkylation sites (tertiary alicyclic amines) is 1. The van der Waals surface area contributed by atoms with Gasteiger partial charge in [-0.15, -0.1) is 0 Å². The number of rotatable bonds is 3. The van der Waals surface area contributed by atoms with E-state index in [-0.39, 0.29) is 0 Å². The minimum Gasteiger partial charge on any atom is -0.330 e. The van der Waals surface area contributed by atoms with Gasteiger partial charge in [-0.1, -0.05) is 34.6 Å². The summed E-state index contributed by atoms with van der Waals surface area (Å²) in [5.41, 5.74) is 6.56. The Bertz CT molecular complexity index is 310. The van der Waals surface area contributed by atoms with Gasteiger partial charge in [0.15, 0.2) is 0 Å². The van der Waals surface area contributed by atoms with E-state index in [1.807, 2.05) is 0 Å². The maximum absolute atomic E-state index is 6.10. The summed E-state index contributed by atoms with van der Waals surface area (Å²) in [5, 5.41) is 0. The van der Waals surface area contributed by atoms with Gasteiger partial charge in [0, 0.05) is 6.04 Å². The summed E-state index contributed by atoms with van der Waals surface area (Å²) in [5.74, 6) is 3.40. The van der Waals surface area contributed by atoms with Crippen molar-refractivity contribution in [1.82, 2.24) is 4.90 Å². The number of piperidine rings is 1. The lowest BCUT2D eigenvalue weighted by Gasteiger charge is -2.48. The second-order valence-corrected chi connectivity index (χ2v) is 9.06. The van der Waals surface area contributed by atoms with Crippen molar-refractivity contribution in [3.8, 4) is 0 Å². The first-order valence-corrected chi connectivity index (χ1v) is 9.27. The SMILES string of the molecule is CC(C)C1CCN(C2CC(C(C)(C)C)CCC2CN)CC1. The third-order valence-electron chi connectivity index (χ3n) is 6.47. The molecule has 0 amide bonds. The molecule has 3 unspecified atom stereocenters. The van der Waals surface area contributed by atoms with Crippen molar-refractivity contribution in [3.63, 3.8) is 0 Å². The Hall–Kier alpha value is -0.0800. The Morgan fingerprint density at radius 1 is 1.05 bits per heavy atom. The largest absolute Gasteiger partial charge is 0.330 e. The summed E-state index contributed by atoms with van der Waals surface area (Å²) < 4.78 is 0. The highest BCUT2D eigenvalue weighted by atomic mass is 15.2. The topological polar surface area (TPSA) is 29.3 Å². The normalized spacial score (nSPS) is 33.6. The zero-order valence-electron chi connectivity index (χ0n) is 15.1. The van der Waals surface area contributed by atoms with Crippen LogP contribution in [-0.4, -0.2) is 30.6 Å². The van der Waals surface area contributed by atoms with Gasteiger partial charge in [0.05, 0.1) is 0 Å². The molecule has 0 aromatic rings. The number of hydrogen-bond acceptors (Lipinski definition) is 2. The van der Waals surface area contributed by atoms with Crippen LogP contribution in [-0.2, 0) is 0 Å². The van der Waals surface area contributed by atoms with Crippen molar-refractivity contribution < 1.29 is 0 Å². The average molecular weight is 295 g/mol. The maximum atomic E-state index is 6.10. The van der Waals surface area contributed by atoms with E-state index in [4.69, 9.17) is 5.73 Å². The van der Waals surface area contributed by atoms with E-state index in [1.165, 1.54) is 45.2 Å². The minimum atomic E-state index is 0.452. The summed E-state index contributed by atoms with van der Waals surface area (Å²) >= 11 is 0. The lowest BCUT2D eigenvalue weighted by molar-refractivity contribution is 0.0213. The highest BCUT2D eigenvalue weighted by Crippen LogP contribution is 2.42. The van der Waals surface area contributed by atoms with E-state index in [1.54, 1.807) is 0 Å². The Labute approximate surface area is 132 Å². The predicted octanol–water partition coefficient (Wildman–Crippen LogP) is 4.14. The van der Waals surface area contributed by atoms with Crippen LogP contribution < -0.4 is 5.73 Å². The summed E-state index contributed by atoms with van der Waals surface area (Å²) in [6.45, 7) is 15.5. The van der Waals surface area contributed by atoms with Gasteiger partial charge in [-0.3, -0.25) is 0 Å². The molecular formula is C19H38N2. The molecule has 0 bridgehead atoms. The van der Waals surface area contributed by atoms with Gasteiger partial charge in [0.2, 0.25) is 0 Å². The summed E-state index contributed by atoms with van der Waals surface area (Å²) in [7, 11) is 0. The second kappa shape index (κ2) is 7.00. The van der Waals surface area contributed by atoms with Crippen LogP contribution in [0.4, 0.5) is 0 Å². The number of nitrogens with zero attached hydrogens (tertiary/aromatic N) is 1. The van der Waals surface area contributed by atoms with Crippen LogP contribution in [0.3, 0.4) is 0 Å². The molecule has 0 spiro atoms. The standard InChI is InChI=1S/C19H38N2/c1-14(2)15-8-10-21(11-9-15)18-12-17(19(3,4)5)7-6-16(18)13-20/h14-18H,6-13,20H2,1-5H3. The fourth-order valence-electron chi connectivity index (χ4n) is 4.64. The fraction of sp³-hybridized carbons (Fsp3) is 1.00. The molecule has 2 aliphatic rings. The summed E-state index contributed by atoms with van der Waals surface area (Å²) in [4.78, 5) is 2.80. The van der Waals surface area contributed by atoms with Crippen molar-refractivity contribution in [3.05, 3.63) is 0 Å². The molecule has 21 heavy (non-hydrogen) atoms. The molecule has 1 aliphatic carbocycles. The van der Waals surface area contributed by atoms with Crippen molar-refractivity contribution >= 4 is 0 Å². The van der Waals surface area contributed by atoms with E-state index >= 15 is 0 Å². The number of hydrogen-bond donors (Lipinski definition) is 1. The molecule has 1 saturated carbocycles. The van der Waals surface area contributed by atoms with Crippen molar-refractivity contribution in [2.45, 2.75) is 72.8 Å². The minimum absolute atomic E-state index is 0.452. The Kier molecular flexibility index (Phi) is 5.76. The third-order valence-corrected chi connectivity index (χ3v) is 6.47. The fourth-order valence-corrected chi connectivity index (χ4v) is 4.64. The molecule has 1 saturated heterocycles. The average Bonchev–Trinajstić information content (AvgIpc) is 2.45. The molecule has 1 aliphatic heterocycles. The van der Waals surface area contributed by atoms with Gasteiger partial charge in [-0.2, -0.15) is 0 Å². The Morgan fingerprint density at radius 2 is 1.67 bits per heavy atom. The van der Waals surface area contributed by atoms with Crippen molar-refractivity contribution in [2.24, 2.45) is 34.8 Å². The van der Waals surface area contributed by atoms with Gasteiger partial charge >= 0.3 is 0 Å². The van der Waals surface area contributed by atoms with E-state index in [9.17, 15) is 0 Å². The molecule has 1 heterocycles. The second-order valence-electron chi connectivity index (χ2n) is 9.06. The maximum Gasteiger partial charge on any atom is 0.0138 e. The van der Waals surface area contributed by atoms with Gasteiger partial charge < -0.3 is 10.6 Å². The van der Waals surface area contributed by atoms with Crippen molar-refractivity contribution in [2.75, 3.05) is 19.6 Å².